The van der Waals surface area contributed by atoms with E-state index in [4.69, 9.17) is 5.11 Å². The van der Waals surface area contributed by atoms with Gasteiger partial charge in [0.2, 0.25) is 0 Å². The lowest BCUT2D eigenvalue weighted by Crippen LogP contribution is -2.23. The fourth-order valence-electron chi connectivity index (χ4n) is 2.84. The van der Waals surface area contributed by atoms with Crippen LogP contribution in [-0.2, 0) is 0 Å². The molecule has 134 valence electrons. The summed E-state index contributed by atoms with van der Waals surface area (Å²) in [6, 6.07) is 0. The van der Waals surface area contributed by atoms with E-state index in [1.165, 1.54) is 70.6 Å². The van der Waals surface area contributed by atoms with Gasteiger partial charge in [-0.1, -0.05) is 84.0 Å². The van der Waals surface area contributed by atoms with E-state index in [0.29, 0.717) is 6.54 Å². The SMILES string of the molecule is CCCCCCCCCCCCCCC(O)CCNCCO. The van der Waals surface area contributed by atoms with Crippen LogP contribution in [0.25, 0.3) is 0 Å². The van der Waals surface area contributed by atoms with Crippen LogP contribution in [0.2, 0.25) is 0 Å². The summed E-state index contributed by atoms with van der Waals surface area (Å²) in [5, 5.41) is 21.5. The maximum atomic E-state index is 9.81. The highest BCUT2D eigenvalue weighted by atomic mass is 16.3. The summed E-state index contributed by atoms with van der Waals surface area (Å²) in [4.78, 5) is 0. The van der Waals surface area contributed by atoms with Crippen LogP contribution in [0.15, 0.2) is 0 Å². The molecule has 22 heavy (non-hydrogen) atoms. The van der Waals surface area contributed by atoms with Crippen LogP contribution in [0.1, 0.15) is 96.8 Å². The highest BCUT2D eigenvalue weighted by molar-refractivity contribution is 4.59. The quantitative estimate of drug-likeness (QED) is 0.328. The first-order valence-corrected chi connectivity index (χ1v) is 9.81. The number of hydrogen-bond donors (Lipinski definition) is 3. The van der Waals surface area contributed by atoms with Crippen molar-refractivity contribution < 1.29 is 10.2 Å². The summed E-state index contributed by atoms with van der Waals surface area (Å²) in [5.74, 6) is 0. The normalized spacial score (nSPS) is 12.7. The van der Waals surface area contributed by atoms with E-state index >= 15 is 0 Å². The number of rotatable bonds is 18. The van der Waals surface area contributed by atoms with Gasteiger partial charge < -0.3 is 15.5 Å². The van der Waals surface area contributed by atoms with Gasteiger partial charge >= 0.3 is 0 Å². The molecule has 0 aromatic rings. The molecule has 3 heteroatoms. The van der Waals surface area contributed by atoms with Crippen LogP contribution in [0.4, 0.5) is 0 Å². The molecule has 0 aliphatic carbocycles. The third kappa shape index (κ3) is 17.9. The van der Waals surface area contributed by atoms with Crippen molar-refractivity contribution in [3.63, 3.8) is 0 Å². The predicted octanol–water partition coefficient (Wildman–Crippen LogP) is 4.41. The van der Waals surface area contributed by atoms with Gasteiger partial charge in [0.1, 0.15) is 0 Å². The number of aliphatic hydroxyl groups excluding tert-OH is 2. The minimum atomic E-state index is -0.172. The molecule has 3 N–H and O–H groups in total. The van der Waals surface area contributed by atoms with Crippen molar-refractivity contribution in [3.05, 3.63) is 0 Å². The second-order valence-electron chi connectivity index (χ2n) is 6.59. The maximum absolute atomic E-state index is 9.81. The zero-order valence-electron chi connectivity index (χ0n) is 15.0. The van der Waals surface area contributed by atoms with Crippen LogP contribution in [0.5, 0.6) is 0 Å². The van der Waals surface area contributed by atoms with Gasteiger partial charge in [-0.3, -0.25) is 0 Å². The Bertz CT molecular complexity index is 200. The molecule has 0 radical (unpaired) electrons. The molecule has 0 aromatic heterocycles. The summed E-state index contributed by atoms with van der Waals surface area (Å²) >= 11 is 0. The van der Waals surface area contributed by atoms with Gasteiger partial charge in [-0.2, -0.15) is 0 Å². The smallest absolute Gasteiger partial charge is 0.0555 e. The summed E-state index contributed by atoms with van der Waals surface area (Å²) in [7, 11) is 0. The molecule has 0 saturated heterocycles. The Morgan fingerprint density at radius 1 is 0.682 bits per heavy atom. The Labute approximate surface area is 138 Å². The lowest BCUT2D eigenvalue weighted by atomic mass is 10.0. The molecule has 1 unspecified atom stereocenters. The van der Waals surface area contributed by atoms with E-state index < -0.39 is 0 Å². The van der Waals surface area contributed by atoms with Crippen molar-refractivity contribution in [2.75, 3.05) is 19.7 Å². The van der Waals surface area contributed by atoms with E-state index in [-0.39, 0.29) is 12.7 Å². The molecule has 3 nitrogen and oxygen atoms in total. The molecule has 0 fully saturated rings. The van der Waals surface area contributed by atoms with Crippen molar-refractivity contribution in [1.82, 2.24) is 5.32 Å². The maximum Gasteiger partial charge on any atom is 0.0555 e. The average Bonchev–Trinajstić information content (AvgIpc) is 2.52. The van der Waals surface area contributed by atoms with Gasteiger partial charge in [0, 0.05) is 6.54 Å². The van der Waals surface area contributed by atoms with Gasteiger partial charge in [-0.15, -0.1) is 0 Å². The molecule has 0 spiro atoms. The van der Waals surface area contributed by atoms with Crippen molar-refractivity contribution in [1.29, 1.82) is 0 Å². The molecule has 0 amide bonds. The van der Waals surface area contributed by atoms with Crippen LogP contribution in [0, 0.1) is 0 Å². The largest absolute Gasteiger partial charge is 0.395 e. The third-order valence-corrected chi connectivity index (χ3v) is 4.33. The number of hydrogen-bond acceptors (Lipinski definition) is 3. The molecular weight excluding hydrogens is 274 g/mol. The Kier molecular flexibility index (Phi) is 18.8. The first-order valence-electron chi connectivity index (χ1n) is 9.81. The molecule has 0 bridgehead atoms. The fraction of sp³-hybridized carbons (Fsp3) is 1.00. The van der Waals surface area contributed by atoms with Crippen molar-refractivity contribution >= 4 is 0 Å². The summed E-state index contributed by atoms with van der Waals surface area (Å²) < 4.78 is 0. The topological polar surface area (TPSA) is 52.5 Å². The van der Waals surface area contributed by atoms with E-state index in [9.17, 15) is 5.11 Å². The lowest BCUT2D eigenvalue weighted by molar-refractivity contribution is 0.149. The van der Waals surface area contributed by atoms with Crippen LogP contribution < -0.4 is 5.32 Å². The number of unbranched alkanes of at least 4 members (excludes halogenated alkanes) is 11. The average molecular weight is 316 g/mol. The molecule has 0 aliphatic rings. The fourth-order valence-corrected chi connectivity index (χ4v) is 2.84. The van der Waals surface area contributed by atoms with Gasteiger partial charge in [0.25, 0.3) is 0 Å². The van der Waals surface area contributed by atoms with Gasteiger partial charge in [0.15, 0.2) is 0 Å². The first kappa shape index (κ1) is 21.9. The second-order valence-corrected chi connectivity index (χ2v) is 6.59. The minimum Gasteiger partial charge on any atom is -0.395 e. The van der Waals surface area contributed by atoms with E-state index in [0.717, 1.165) is 25.8 Å². The van der Waals surface area contributed by atoms with Crippen molar-refractivity contribution in [2.45, 2.75) is 103 Å². The molecule has 0 rings (SSSR count). The monoisotopic (exact) mass is 315 g/mol. The summed E-state index contributed by atoms with van der Waals surface area (Å²) in [6.07, 6.45) is 17.9. The van der Waals surface area contributed by atoms with Crippen LogP contribution >= 0.6 is 0 Å². The molecule has 0 aliphatic heterocycles. The van der Waals surface area contributed by atoms with Gasteiger partial charge in [-0.05, 0) is 19.4 Å². The molecule has 0 aromatic carbocycles. The Morgan fingerprint density at radius 3 is 1.68 bits per heavy atom. The number of aliphatic hydroxyl groups is 2. The Morgan fingerprint density at radius 2 is 1.18 bits per heavy atom. The van der Waals surface area contributed by atoms with E-state index in [1.54, 1.807) is 0 Å². The summed E-state index contributed by atoms with van der Waals surface area (Å²) in [5.41, 5.74) is 0. The summed E-state index contributed by atoms with van der Waals surface area (Å²) in [6.45, 7) is 3.88. The molecular formula is C19H41NO2. The van der Waals surface area contributed by atoms with E-state index in [1.807, 2.05) is 0 Å². The predicted molar refractivity (Wildman–Crippen MR) is 96.3 cm³/mol. The van der Waals surface area contributed by atoms with Crippen LogP contribution in [-0.4, -0.2) is 36.0 Å². The molecule has 1 atom stereocenters. The van der Waals surface area contributed by atoms with Crippen molar-refractivity contribution in [2.24, 2.45) is 0 Å². The van der Waals surface area contributed by atoms with Gasteiger partial charge in [-0.25, -0.2) is 0 Å². The zero-order valence-corrected chi connectivity index (χ0v) is 15.0. The first-order chi connectivity index (χ1) is 10.8. The Hall–Kier alpha value is -0.120. The van der Waals surface area contributed by atoms with E-state index in [2.05, 4.69) is 12.2 Å². The lowest BCUT2D eigenvalue weighted by Gasteiger charge is -2.10. The molecule has 0 heterocycles. The highest BCUT2D eigenvalue weighted by Crippen LogP contribution is 2.13. The third-order valence-electron chi connectivity index (χ3n) is 4.33. The van der Waals surface area contributed by atoms with Crippen LogP contribution in [0.3, 0.4) is 0 Å². The number of nitrogens with one attached hydrogen (secondary N) is 1. The van der Waals surface area contributed by atoms with Crippen molar-refractivity contribution in [3.8, 4) is 0 Å². The zero-order chi connectivity index (χ0) is 16.3. The Balaban J connectivity index is 3.07. The standard InChI is InChI=1S/C19H41NO2/c1-2-3-4-5-6-7-8-9-10-11-12-13-14-19(22)15-16-20-17-18-21/h19-22H,2-18H2,1H3. The second kappa shape index (κ2) is 18.9. The minimum absolute atomic E-state index is 0.172. The molecule has 0 saturated carbocycles. The highest BCUT2D eigenvalue weighted by Gasteiger charge is 2.03. The van der Waals surface area contributed by atoms with Gasteiger partial charge in [0.05, 0.1) is 12.7 Å².